The smallest absolute Gasteiger partial charge is 0.203 e. The molecule has 2 fully saturated rings. The molecule has 0 spiro atoms. The summed E-state index contributed by atoms with van der Waals surface area (Å²) in [6, 6.07) is 1.23. The van der Waals surface area contributed by atoms with Crippen LogP contribution in [0.2, 0.25) is 0 Å². The number of anilines is 1. The van der Waals surface area contributed by atoms with Crippen LogP contribution in [0.3, 0.4) is 0 Å². The number of hydrogen-bond donors (Lipinski definition) is 1. The topological polar surface area (TPSA) is 33.1 Å². The maximum Gasteiger partial charge on any atom is 0.203 e. The van der Waals surface area contributed by atoms with Gasteiger partial charge >= 0.3 is 0 Å². The second kappa shape index (κ2) is 6.17. The Morgan fingerprint density at radius 3 is 2.80 bits per heavy atom. The number of piperidine rings is 1. The maximum absolute atomic E-state index is 4.73. The van der Waals surface area contributed by atoms with Gasteiger partial charge in [-0.1, -0.05) is 19.8 Å². The molecule has 0 radical (unpaired) electrons. The third kappa shape index (κ3) is 3.00. The zero-order valence-electron chi connectivity index (χ0n) is 12.9. The number of likely N-dealkylation sites (tertiary alicyclic amines) is 1. The van der Waals surface area contributed by atoms with Crippen molar-refractivity contribution in [2.24, 2.45) is 0 Å². The number of rotatable bonds is 4. The lowest BCUT2D eigenvalue weighted by atomic mass is 10.1. The Kier molecular flexibility index (Phi) is 4.29. The quantitative estimate of drug-likeness (QED) is 0.916. The molecule has 1 aliphatic carbocycles. The first-order valence-corrected chi connectivity index (χ1v) is 8.30. The monoisotopic (exact) mass is 276 g/mol. The van der Waals surface area contributed by atoms with Crippen molar-refractivity contribution in [3.05, 3.63) is 11.9 Å². The summed E-state index contributed by atoms with van der Waals surface area (Å²) in [5.41, 5.74) is 1.14. The van der Waals surface area contributed by atoms with Gasteiger partial charge in [-0.3, -0.25) is 0 Å². The number of hydrogen-bond acceptors (Lipinski definition) is 3. The molecule has 4 heteroatoms. The van der Waals surface area contributed by atoms with Crippen LogP contribution in [-0.4, -0.2) is 40.1 Å². The third-order valence-electron chi connectivity index (χ3n) is 4.86. The molecule has 3 rings (SSSR count). The fraction of sp³-hybridized carbons (Fsp3) is 0.812. The fourth-order valence-corrected chi connectivity index (χ4v) is 3.73. The van der Waals surface area contributed by atoms with Crippen LogP contribution in [0.15, 0.2) is 6.20 Å². The van der Waals surface area contributed by atoms with Gasteiger partial charge in [0.1, 0.15) is 0 Å². The molecule has 112 valence electrons. The van der Waals surface area contributed by atoms with Crippen molar-refractivity contribution in [2.75, 3.05) is 25.0 Å². The Hall–Kier alpha value is -1.03. The second-order valence-electron chi connectivity index (χ2n) is 6.43. The molecule has 1 aliphatic heterocycles. The van der Waals surface area contributed by atoms with Crippen LogP contribution in [0.1, 0.15) is 57.2 Å². The predicted octanol–water partition coefficient (Wildman–Crippen LogP) is 3.20. The average molecular weight is 276 g/mol. The Bertz CT molecular complexity index is 434. The second-order valence-corrected chi connectivity index (χ2v) is 6.43. The minimum Gasteiger partial charge on any atom is -0.352 e. The third-order valence-corrected chi connectivity index (χ3v) is 4.86. The van der Waals surface area contributed by atoms with Gasteiger partial charge in [0.25, 0.3) is 0 Å². The summed E-state index contributed by atoms with van der Waals surface area (Å²) >= 11 is 0. The van der Waals surface area contributed by atoms with Gasteiger partial charge < -0.3 is 14.8 Å². The van der Waals surface area contributed by atoms with E-state index in [9.17, 15) is 0 Å². The number of imidazole rings is 1. The molecule has 2 aliphatic rings. The molecule has 0 aromatic carbocycles. The van der Waals surface area contributed by atoms with Crippen LogP contribution >= 0.6 is 0 Å². The zero-order valence-corrected chi connectivity index (χ0v) is 12.9. The van der Waals surface area contributed by atoms with Crippen LogP contribution in [-0.2, 0) is 0 Å². The van der Waals surface area contributed by atoms with Crippen LogP contribution in [0.25, 0.3) is 0 Å². The first-order chi connectivity index (χ1) is 9.76. The standard InChI is InChI=1S/C16H28N4/c1-3-19-10-6-7-14(12-19)18-16-17-13(2)11-20(16)15-8-4-5-9-15/h11,14-15H,3-10,12H2,1-2H3,(H,17,18). The molecule has 4 nitrogen and oxygen atoms in total. The van der Waals surface area contributed by atoms with Gasteiger partial charge in [-0.25, -0.2) is 4.98 Å². The van der Waals surface area contributed by atoms with Crippen molar-refractivity contribution in [1.82, 2.24) is 14.5 Å². The number of likely N-dealkylation sites (N-methyl/N-ethyl adjacent to an activating group) is 1. The molecule has 1 N–H and O–H groups in total. The average Bonchev–Trinajstić information content (AvgIpc) is 3.08. The Balaban J connectivity index is 1.70. The summed E-state index contributed by atoms with van der Waals surface area (Å²) < 4.78 is 2.41. The molecule has 0 bridgehead atoms. The van der Waals surface area contributed by atoms with Gasteiger partial charge in [0, 0.05) is 24.8 Å². The number of aromatic nitrogens is 2. The molecule has 20 heavy (non-hydrogen) atoms. The van der Waals surface area contributed by atoms with Crippen molar-refractivity contribution in [3.8, 4) is 0 Å². The van der Waals surface area contributed by atoms with E-state index in [1.54, 1.807) is 0 Å². The lowest BCUT2D eigenvalue weighted by Crippen LogP contribution is -2.42. The van der Waals surface area contributed by atoms with Crippen LogP contribution < -0.4 is 5.32 Å². The van der Waals surface area contributed by atoms with E-state index in [0.717, 1.165) is 24.7 Å². The largest absolute Gasteiger partial charge is 0.352 e. The summed E-state index contributed by atoms with van der Waals surface area (Å²) in [5, 5.41) is 3.72. The molecule has 1 aromatic heterocycles. The first-order valence-electron chi connectivity index (χ1n) is 8.30. The highest BCUT2D eigenvalue weighted by molar-refractivity contribution is 5.31. The summed E-state index contributed by atoms with van der Waals surface area (Å²) in [4.78, 5) is 7.27. The lowest BCUT2D eigenvalue weighted by Gasteiger charge is -2.32. The van der Waals surface area contributed by atoms with E-state index in [2.05, 4.69) is 34.8 Å². The highest BCUT2D eigenvalue weighted by Gasteiger charge is 2.23. The Labute approximate surface area is 122 Å². The van der Waals surface area contributed by atoms with E-state index >= 15 is 0 Å². The number of nitrogens with zero attached hydrogens (tertiary/aromatic N) is 3. The number of aryl methyl sites for hydroxylation is 1. The van der Waals surface area contributed by atoms with Crippen molar-refractivity contribution >= 4 is 5.95 Å². The van der Waals surface area contributed by atoms with E-state index < -0.39 is 0 Å². The van der Waals surface area contributed by atoms with Crippen molar-refractivity contribution in [2.45, 2.75) is 64.5 Å². The first kappa shape index (κ1) is 13.9. The zero-order chi connectivity index (χ0) is 13.9. The molecule has 2 heterocycles. The molecule has 0 amide bonds. The molecular formula is C16H28N4. The molecule has 1 aromatic rings. The van der Waals surface area contributed by atoms with Crippen LogP contribution in [0, 0.1) is 6.92 Å². The van der Waals surface area contributed by atoms with Crippen molar-refractivity contribution < 1.29 is 0 Å². The molecule has 1 saturated heterocycles. The van der Waals surface area contributed by atoms with Gasteiger partial charge in [-0.05, 0) is 45.7 Å². The molecule has 1 unspecified atom stereocenters. The van der Waals surface area contributed by atoms with Gasteiger partial charge in [-0.2, -0.15) is 0 Å². The van der Waals surface area contributed by atoms with E-state index in [1.165, 1.54) is 45.1 Å². The summed E-state index contributed by atoms with van der Waals surface area (Å²) in [5.74, 6) is 1.11. The summed E-state index contributed by atoms with van der Waals surface area (Å²) in [6.45, 7) is 7.94. The fourth-order valence-electron chi connectivity index (χ4n) is 3.73. The minimum absolute atomic E-state index is 0.561. The van der Waals surface area contributed by atoms with E-state index in [-0.39, 0.29) is 0 Å². The van der Waals surface area contributed by atoms with E-state index in [0.29, 0.717) is 12.1 Å². The van der Waals surface area contributed by atoms with Crippen molar-refractivity contribution in [3.63, 3.8) is 0 Å². The predicted molar refractivity (Wildman–Crippen MR) is 83.2 cm³/mol. The SMILES string of the molecule is CCN1CCCC(Nc2nc(C)cn2C2CCCC2)C1. The molecular weight excluding hydrogens is 248 g/mol. The van der Waals surface area contributed by atoms with E-state index in [1.807, 2.05) is 0 Å². The molecule has 1 atom stereocenters. The van der Waals surface area contributed by atoms with Gasteiger partial charge in [0.05, 0.1) is 5.69 Å². The molecule has 1 saturated carbocycles. The summed E-state index contributed by atoms with van der Waals surface area (Å²) in [7, 11) is 0. The highest BCUT2D eigenvalue weighted by atomic mass is 15.3. The normalized spacial score (nSPS) is 25.2. The Morgan fingerprint density at radius 1 is 1.25 bits per heavy atom. The maximum atomic E-state index is 4.73. The highest BCUT2D eigenvalue weighted by Crippen LogP contribution is 2.32. The van der Waals surface area contributed by atoms with Crippen LogP contribution in [0.5, 0.6) is 0 Å². The van der Waals surface area contributed by atoms with Crippen molar-refractivity contribution in [1.29, 1.82) is 0 Å². The van der Waals surface area contributed by atoms with Gasteiger partial charge in [0.15, 0.2) is 0 Å². The Morgan fingerprint density at radius 2 is 2.05 bits per heavy atom. The lowest BCUT2D eigenvalue weighted by molar-refractivity contribution is 0.226. The number of nitrogens with one attached hydrogen (secondary N) is 1. The van der Waals surface area contributed by atoms with E-state index in [4.69, 9.17) is 4.98 Å². The minimum atomic E-state index is 0.561. The van der Waals surface area contributed by atoms with Crippen LogP contribution in [0.4, 0.5) is 5.95 Å². The van der Waals surface area contributed by atoms with Gasteiger partial charge in [-0.15, -0.1) is 0 Å². The summed E-state index contributed by atoms with van der Waals surface area (Å²) in [6.07, 6.45) is 10.2. The van der Waals surface area contributed by atoms with Gasteiger partial charge in [0.2, 0.25) is 5.95 Å².